The third-order valence-corrected chi connectivity index (χ3v) is 6.10. The van der Waals surface area contributed by atoms with Crippen LogP contribution < -0.4 is 11.5 Å². The van der Waals surface area contributed by atoms with Crippen LogP contribution in [0.3, 0.4) is 0 Å². The number of nitrogens with zero attached hydrogens (tertiary/aromatic N) is 5. The highest BCUT2D eigenvalue weighted by Gasteiger charge is 2.44. The second-order valence-electron chi connectivity index (χ2n) is 8.28. The maximum absolute atomic E-state index is 13.0. The maximum atomic E-state index is 13.0. The maximum Gasteiger partial charge on any atom is 0.222 e. The first-order chi connectivity index (χ1) is 15.5. The average molecular weight is 440 g/mol. The zero-order valence-corrected chi connectivity index (χ0v) is 17.8. The molecule has 1 aliphatic carbocycles. The van der Waals surface area contributed by atoms with Crippen LogP contribution in [0.2, 0.25) is 0 Å². The van der Waals surface area contributed by atoms with Gasteiger partial charge in [0.1, 0.15) is 17.9 Å². The number of aliphatic hydroxyl groups is 2. The Bertz CT molecular complexity index is 1060. The van der Waals surface area contributed by atoms with Gasteiger partial charge < -0.3 is 31.1 Å². The lowest BCUT2D eigenvalue weighted by Gasteiger charge is -2.30. The second kappa shape index (κ2) is 9.60. The summed E-state index contributed by atoms with van der Waals surface area (Å²) in [6.07, 6.45) is 2.27. The van der Waals surface area contributed by atoms with Crippen molar-refractivity contribution in [3.05, 3.63) is 48.5 Å². The van der Waals surface area contributed by atoms with Crippen molar-refractivity contribution < 1.29 is 15.0 Å². The van der Waals surface area contributed by atoms with Crippen molar-refractivity contribution in [2.24, 2.45) is 11.7 Å². The minimum atomic E-state index is -1.02. The van der Waals surface area contributed by atoms with E-state index in [1.165, 1.54) is 6.33 Å². The molecule has 1 aliphatic rings. The molecule has 0 aliphatic heterocycles. The third-order valence-electron chi connectivity index (χ3n) is 6.10. The summed E-state index contributed by atoms with van der Waals surface area (Å²) in [6.45, 7) is 1.26. The molecule has 32 heavy (non-hydrogen) atoms. The van der Waals surface area contributed by atoms with Crippen molar-refractivity contribution >= 4 is 22.9 Å². The Kier molecular flexibility index (Phi) is 6.63. The first kappa shape index (κ1) is 22.1. The number of aliphatic hydroxyl groups excluding tert-OH is 2. The number of nitrogens with two attached hydrogens (primary N) is 2. The Morgan fingerprint density at radius 1 is 1.19 bits per heavy atom. The molecule has 0 saturated heterocycles. The van der Waals surface area contributed by atoms with Crippen molar-refractivity contribution in [2.75, 3.05) is 18.8 Å². The summed E-state index contributed by atoms with van der Waals surface area (Å²) in [6, 6.07) is 9.24. The van der Waals surface area contributed by atoms with E-state index in [2.05, 4.69) is 15.0 Å². The quantitative estimate of drug-likeness (QED) is 0.394. The van der Waals surface area contributed by atoms with E-state index >= 15 is 0 Å². The van der Waals surface area contributed by atoms with Crippen LogP contribution in [0.1, 0.15) is 30.9 Å². The highest BCUT2D eigenvalue weighted by atomic mass is 16.3. The van der Waals surface area contributed by atoms with Gasteiger partial charge in [-0.15, -0.1) is 0 Å². The number of benzene rings is 1. The fourth-order valence-electron chi connectivity index (χ4n) is 4.51. The number of nitrogen functional groups attached to an aromatic ring is 1. The third kappa shape index (κ3) is 4.43. The predicted molar refractivity (Wildman–Crippen MR) is 119 cm³/mol. The van der Waals surface area contributed by atoms with E-state index in [1.807, 2.05) is 30.3 Å². The predicted octanol–water partition coefficient (Wildman–Crippen LogP) is 0.459. The van der Waals surface area contributed by atoms with Gasteiger partial charge in [-0.2, -0.15) is 0 Å². The number of amides is 1. The van der Waals surface area contributed by atoms with Crippen molar-refractivity contribution in [1.82, 2.24) is 24.4 Å². The zero-order chi connectivity index (χ0) is 22.7. The number of rotatable bonds is 8. The molecule has 10 heteroatoms. The van der Waals surface area contributed by atoms with Gasteiger partial charge in [0, 0.05) is 25.4 Å². The summed E-state index contributed by atoms with van der Waals surface area (Å²) in [7, 11) is 0. The van der Waals surface area contributed by atoms with Gasteiger partial charge in [0.05, 0.1) is 18.5 Å². The first-order valence-electron chi connectivity index (χ1n) is 10.8. The average Bonchev–Trinajstić information content (AvgIpc) is 3.33. The van der Waals surface area contributed by atoms with Crippen LogP contribution in [0.4, 0.5) is 5.82 Å². The van der Waals surface area contributed by atoms with E-state index in [9.17, 15) is 15.0 Å². The molecular formula is C22H29N7O3. The van der Waals surface area contributed by atoms with Crippen LogP contribution in [0, 0.1) is 5.92 Å². The molecule has 0 spiro atoms. The fraction of sp³-hybridized carbons (Fsp3) is 0.455. The molecule has 170 valence electrons. The van der Waals surface area contributed by atoms with E-state index in [1.54, 1.807) is 15.8 Å². The van der Waals surface area contributed by atoms with Gasteiger partial charge in [0.2, 0.25) is 5.91 Å². The standard InChI is InChI=1S/C22H29N7O3/c23-8-4-7-17(31)28(10-14-5-2-1-3-6-14)11-15-9-16(30)20(32)19(15)29-13-27-18-21(24)25-12-26-22(18)29/h1-3,5-6,12-13,15-16,19-20,30,32H,4,7-11,23H2,(H2,24,25,26)/t15-,16-,19-,20-/m0/s1. The van der Waals surface area contributed by atoms with E-state index in [4.69, 9.17) is 11.5 Å². The van der Waals surface area contributed by atoms with Crippen LogP contribution in [-0.2, 0) is 11.3 Å². The molecule has 0 unspecified atom stereocenters. The number of aromatic nitrogens is 4. The molecular weight excluding hydrogens is 410 g/mol. The Hall–Kier alpha value is -3.08. The van der Waals surface area contributed by atoms with Crippen molar-refractivity contribution in [1.29, 1.82) is 0 Å². The van der Waals surface area contributed by atoms with E-state index < -0.39 is 18.2 Å². The van der Waals surface area contributed by atoms with E-state index in [0.29, 0.717) is 50.1 Å². The number of carbonyl (C=O) groups is 1. The molecule has 1 aromatic carbocycles. The molecule has 1 amide bonds. The minimum absolute atomic E-state index is 0.00371. The monoisotopic (exact) mass is 439 g/mol. The van der Waals surface area contributed by atoms with Crippen LogP contribution in [0.15, 0.2) is 43.0 Å². The van der Waals surface area contributed by atoms with Crippen LogP contribution in [-0.4, -0.2) is 65.8 Å². The number of hydrogen-bond acceptors (Lipinski definition) is 8. The molecule has 10 nitrogen and oxygen atoms in total. The lowest BCUT2D eigenvalue weighted by atomic mass is 10.0. The van der Waals surface area contributed by atoms with Gasteiger partial charge in [0.15, 0.2) is 11.5 Å². The highest BCUT2D eigenvalue weighted by Crippen LogP contribution is 2.39. The van der Waals surface area contributed by atoms with Crippen molar-refractivity contribution in [2.45, 2.75) is 44.1 Å². The molecule has 2 heterocycles. The molecule has 3 aromatic rings. The van der Waals surface area contributed by atoms with Crippen LogP contribution in [0.5, 0.6) is 0 Å². The van der Waals surface area contributed by atoms with E-state index in [0.717, 1.165) is 5.56 Å². The number of hydrogen-bond donors (Lipinski definition) is 4. The van der Waals surface area contributed by atoms with Gasteiger partial charge in [0.25, 0.3) is 0 Å². The number of carbonyl (C=O) groups excluding carboxylic acids is 1. The van der Waals surface area contributed by atoms with E-state index in [-0.39, 0.29) is 17.6 Å². The zero-order valence-electron chi connectivity index (χ0n) is 17.8. The van der Waals surface area contributed by atoms with Gasteiger partial charge in [-0.05, 0) is 24.9 Å². The van der Waals surface area contributed by atoms with Gasteiger partial charge in [-0.25, -0.2) is 15.0 Å². The Balaban J connectivity index is 1.63. The van der Waals surface area contributed by atoms with Crippen LogP contribution >= 0.6 is 0 Å². The number of anilines is 1. The molecule has 0 bridgehead atoms. The normalized spacial score (nSPS) is 23.0. The number of fused-ring (bicyclic) bond motifs is 1. The summed E-state index contributed by atoms with van der Waals surface area (Å²) in [5.41, 5.74) is 13.5. The molecule has 0 radical (unpaired) electrons. The summed E-state index contributed by atoms with van der Waals surface area (Å²) >= 11 is 0. The lowest BCUT2D eigenvalue weighted by molar-refractivity contribution is -0.132. The lowest BCUT2D eigenvalue weighted by Crippen LogP contribution is -2.38. The van der Waals surface area contributed by atoms with Crippen molar-refractivity contribution in [3.8, 4) is 0 Å². The fourth-order valence-corrected chi connectivity index (χ4v) is 4.51. The van der Waals surface area contributed by atoms with Gasteiger partial charge in [-0.1, -0.05) is 30.3 Å². The summed E-state index contributed by atoms with van der Waals surface area (Å²) < 4.78 is 1.74. The smallest absolute Gasteiger partial charge is 0.222 e. The van der Waals surface area contributed by atoms with Gasteiger partial charge in [-0.3, -0.25) is 4.79 Å². The summed E-state index contributed by atoms with van der Waals surface area (Å²) in [5, 5.41) is 21.3. The summed E-state index contributed by atoms with van der Waals surface area (Å²) in [4.78, 5) is 27.3. The molecule has 6 N–H and O–H groups in total. The second-order valence-corrected chi connectivity index (χ2v) is 8.28. The van der Waals surface area contributed by atoms with Gasteiger partial charge >= 0.3 is 0 Å². The Morgan fingerprint density at radius 2 is 1.97 bits per heavy atom. The molecule has 2 aromatic heterocycles. The summed E-state index contributed by atoms with van der Waals surface area (Å²) in [5.74, 6) is 0.0381. The molecule has 4 rings (SSSR count). The molecule has 4 atom stereocenters. The SMILES string of the molecule is NCCCC(=O)N(Cc1ccccc1)C[C@@H]1C[C@H](O)[C@H](O)[C@H]1n1cnc2c(N)ncnc21. The Morgan fingerprint density at radius 3 is 2.72 bits per heavy atom. The topological polar surface area (TPSA) is 156 Å². The van der Waals surface area contributed by atoms with Crippen molar-refractivity contribution in [3.63, 3.8) is 0 Å². The minimum Gasteiger partial charge on any atom is -0.390 e. The van der Waals surface area contributed by atoms with Crippen LogP contribution in [0.25, 0.3) is 11.2 Å². The highest BCUT2D eigenvalue weighted by molar-refractivity contribution is 5.81. The Labute approximate surface area is 185 Å². The molecule has 1 fully saturated rings. The number of imidazole rings is 1. The molecule has 1 saturated carbocycles. The largest absolute Gasteiger partial charge is 0.390 e. The first-order valence-corrected chi connectivity index (χ1v) is 10.8.